The van der Waals surface area contributed by atoms with Crippen molar-refractivity contribution in [2.24, 2.45) is 0 Å². The van der Waals surface area contributed by atoms with E-state index in [9.17, 15) is 0 Å². The first-order chi connectivity index (χ1) is 11.1. The first-order valence-corrected chi connectivity index (χ1v) is 8.39. The quantitative estimate of drug-likeness (QED) is 0.682. The monoisotopic (exact) mass is 307 g/mol. The van der Waals surface area contributed by atoms with Crippen LogP contribution in [0.4, 0.5) is 5.69 Å². The number of pyridine rings is 1. The number of aromatic nitrogens is 1. The molecule has 4 heterocycles. The molecule has 0 spiro atoms. The van der Waals surface area contributed by atoms with E-state index in [-0.39, 0.29) is 5.54 Å². The zero-order valence-electron chi connectivity index (χ0n) is 13.8. The third-order valence-corrected chi connectivity index (χ3v) is 5.80. The van der Waals surface area contributed by atoms with Crippen LogP contribution in [0.2, 0.25) is 0 Å². The fourth-order valence-electron chi connectivity index (χ4n) is 4.62. The van der Waals surface area contributed by atoms with Gasteiger partial charge in [-0.15, -0.1) is 0 Å². The van der Waals surface area contributed by atoms with E-state index < -0.39 is 0 Å². The van der Waals surface area contributed by atoms with Crippen LogP contribution in [0.1, 0.15) is 25.8 Å². The molecule has 2 aromatic heterocycles. The summed E-state index contributed by atoms with van der Waals surface area (Å²) in [6.45, 7) is 9.22. The molecule has 2 fully saturated rings. The first-order valence-electron chi connectivity index (χ1n) is 8.39. The summed E-state index contributed by atoms with van der Waals surface area (Å²) < 4.78 is 6.21. The lowest BCUT2D eigenvalue weighted by Gasteiger charge is -2.42. The molecule has 1 aromatic carbocycles. The Balaban J connectivity index is 1.83. The van der Waals surface area contributed by atoms with E-state index in [1.54, 1.807) is 6.20 Å². The van der Waals surface area contributed by atoms with Crippen LogP contribution >= 0.6 is 0 Å². The molecule has 2 bridgehead atoms. The number of hydrogen-bond donors (Lipinski definition) is 0. The molecule has 23 heavy (non-hydrogen) atoms. The van der Waals surface area contributed by atoms with Crippen LogP contribution < -0.4 is 4.90 Å². The Morgan fingerprint density at radius 3 is 2.91 bits per heavy atom. The maximum Gasteiger partial charge on any atom is 0.227 e. The summed E-state index contributed by atoms with van der Waals surface area (Å²) in [7, 11) is 0. The summed E-state index contributed by atoms with van der Waals surface area (Å²) in [5, 5.41) is 2.27. The maximum atomic E-state index is 6.21. The van der Waals surface area contributed by atoms with Crippen molar-refractivity contribution in [2.75, 3.05) is 18.0 Å². The Morgan fingerprint density at radius 1 is 1.26 bits per heavy atom. The minimum Gasteiger partial charge on any atom is -0.436 e. The summed E-state index contributed by atoms with van der Waals surface area (Å²) in [6, 6.07) is 8.46. The van der Waals surface area contributed by atoms with E-state index in [2.05, 4.69) is 53.8 Å². The lowest BCUT2D eigenvalue weighted by Crippen LogP contribution is -2.50. The number of anilines is 1. The van der Waals surface area contributed by atoms with Crippen molar-refractivity contribution in [3.8, 4) is 0 Å². The van der Waals surface area contributed by atoms with E-state index in [4.69, 9.17) is 4.42 Å². The highest BCUT2D eigenvalue weighted by molar-refractivity contribution is 6.08. The Labute approximate surface area is 135 Å². The molecule has 2 aliphatic heterocycles. The summed E-state index contributed by atoms with van der Waals surface area (Å²) in [5.74, 6) is 0. The molecule has 4 heteroatoms. The van der Waals surface area contributed by atoms with Crippen LogP contribution in [0, 0.1) is 6.92 Å². The molecule has 0 saturated carbocycles. The average molecular weight is 307 g/mol. The fraction of sp³-hybridized carbons (Fsp3) is 0.421. The van der Waals surface area contributed by atoms with E-state index in [0.717, 1.165) is 23.2 Å². The third kappa shape index (κ3) is 1.62. The van der Waals surface area contributed by atoms with Gasteiger partial charge in [0.2, 0.25) is 5.71 Å². The number of hydrogen-bond acceptors (Lipinski definition) is 4. The van der Waals surface area contributed by atoms with Crippen molar-refractivity contribution >= 4 is 27.8 Å². The molecule has 118 valence electrons. The number of nitrogens with zero attached hydrogens (tertiary/aromatic N) is 3. The van der Waals surface area contributed by atoms with Gasteiger partial charge in [0.15, 0.2) is 5.58 Å². The van der Waals surface area contributed by atoms with Gasteiger partial charge in [0.05, 0.1) is 17.4 Å². The molecule has 4 nitrogen and oxygen atoms in total. The van der Waals surface area contributed by atoms with Crippen molar-refractivity contribution in [2.45, 2.75) is 38.9 Å². The predicted molar refractivity (Wildman–Crippen MR) is 92.8 cm³/mol. The van der Waals surface area contributed by atoms with Gasteiger partial charge in [-0.05, 0) is 44.9 Å². The fourth-order valence-corrected chi connectivity index (χ4v) is 4.62. The van der Waals surface area contributed by atoms with Gasteiger partial charge in [0.1, 0.15) is 0 Å². The van der Waals surface area contributed by atoms with Crippen LogP contribution in [0.5, 0.6) is 0 Å². The second kappa shape index (κ2) is 4.26. The summed E-state index contributed by atoms with van der Waals surface area (Å²) in [5.41, 5.74) is 4.44. The Bertz CT molecular complexity index is 931. The molecule has 5 rings (SSSR count). The van der Waals surface area contributed by atoms with Gasteiger partial charge in [-0.25, -0.2) is 4.98 Å². The van der Waals surface area contributed by atoms with Gasteiger partial charge < -0.3 is 9.32 Å². The van der Waals surface area contributed by atoms with E-state index in [1.165, 1.54) is 29.6 Å². The van der Waals surface area contributed by atoms with Crippen molar-refractivity contribution in [1.29, 1.82) is 0 Å². The minimum atomic E-state index is 0.199. The number of benzene rings is 1. The maximum absolute atomic E-state index is 6.21. The summed E-state index contributed by atoms with van der Waals surface area (Å²) in [4.78, 5) is 9.55. The van der Waals surface area contributed by atoms with Crippen molar-refractivity contribution < 1.29 is 4.42 Å². The Morgan fingerprint density at radius 2 is 2.13 bits per heavy atom. The van der Waals surface area contributed by atoms with E-state index >= 15 is 0 Å². The van der Waals surface area contributed by atoms with Crippen molar-refractivity contribution in [1.82, 2.24) is 9.88 Å². The molecule has 2 unspecified atom stereocenters. The van der Waals surface area contributed by atoms with Crippen LogP contribution in [-0.4, -0.2) is 34.7 Å². The third-order valence-electron chi connectivity index (χ3n) is 5.80. The van der Waals surface area contributed by atoms with Crippen LogP contribution in [0.25, 0.3) is 22.1 Å². The van der Waals surface area contributed by atoms with E-state index in [0.29, 0.717) is 6.17 Å². The number of aryl methyl sites for hydroxylation is 1. The minimum absolute atomic E-state index is 0.199. The average Bonchev–Trinajstić information content (AvgIpc) is 3.17. The van der Waals surface area contributed by atoms with E-state index in [1.807, 2.05) is 6.07 Å². The molecular weight excluding hydrogens is 286 g/mol. The highest BCUT2D eigenvalue weighted by Gasteiger charge is 2.51. The van der Waals surface area contributed by atoms with Crippen LogP contribution in [0.15, 0.2) is 34.9 Å². The second-order valence-corrected chi connectivity index (χ2v) is 7.29. The SMILES string of the molecule is Cc1ccc2c(oc3ncccc32)c1N1[C@@H](C)N2CCC1(C)C2. The lowest BCUT2D eigenvalue weighted by atomic mass is 9.96. The molecule has 0 amide bonds. The smallest absolute Gasteiger partial charge is 0.227 e. The van der Waals surface area contributed by atoms with Gasteiger partial charge in [0, 0.05) is 30.1 Å². The van der Waals surface area contributed by atoms with Crippen LogP contribution in [0.3, 0.4) is 0 Å². The zero-order chi connectivity index (χ0) is 15.8. The van der Waals surface area contributed by atoms with Gasteiger partial charge >= 0.3 is 0 Å². The molecule has 3 aromatic rings. The Kier molecular flexibility index (Phi) is 2.48. The molecular formula is C19H21N3O. The summed E-state index contributed by atoms with van der Waals surface area (Å²) >= 11 is 0. The normalized spacial score (nSPS) is 30.0. The van der Waals surface area contributed by atoms with Gasteiger partial charge in [-0.1, -0.05) is 12.1 Å². The molecule has 0 N–H and O–H groups in total. The Hall–Kier alpha value is -2.07. The number of furan rings is 1. The topological polar surface area (TPSA) is 32.5 Å². The second-order valence-electron chi connectivity index (χ2n) is 7.29. The highest BCUT2D eigenvalue weighted by atomic mass is 16.3. The number of rotatable bonds is 1. The van der Waals surface area contributed by atoms with Crippen molar-refractivity contribution in [3.05, 3.63) is 36.0 Å². The van der Waals surface area contributed by atoms with Gasteiger partial charge in [0.25, 0.3) is 0 Å². The van der Waals surface area contributed by atoms with Crippen molar-refractivity contribution in [3.63, 3.8) is 0 Å². The van der Waals surface area contributed by atoms with Gasteiger partial charge in [-0.3, -0.25) is 4.90 Å². The molecule has 2 aliphatic rings. The first kappa shape index (κ1) is 13.4. The standard InChI is InChI=1S/C19H21N3O/c1-12-6-7-14-15-5-4-9-20-18(15)23-17(14)16(12)22-13(2)21-10-8-19(22,3)11-21/h4-7,9,13H,8,10-11H2,1-3H3/t13-,19?/m0/s1. The van der Waals surface area contributed by atoms with Crippen LogP contribution in [-0.2, 0) is 0 Å². The lowest BCUT2D eigenvalue weighted by molar-refractivity contribution is 0.278. The highest BCUT2D eigenvalue weighted by Crippen LogP contribution is 2.47. The number of fused-ring (bicyclic) bond motifs is 5. The summed E-state index contributed by atoms with van der Waals surface area (Å²) in [6.07, 6.45) is 3.43. The molecule has 3 atom stereocenters. The molecule has 0 radical (unpaired) electrons. The largest absolute Gasteiger partial charge is 0.436 e. The molecule has 0 aliphatic carbocycles. The zero-order valence-corrected chi connectivity index (χ0v) is 13.8. The predicted octanol–water partition coefficient (Wildman–Crippen LogP) is 3.92. The van der Waals surface area contributed by atoms with Gasteiger partial charge in [-0.2, -0.15) is 0 Å². The molecule has 2 saturated heterocycles.